The highest BCUT2D eigenvalue weighted by Gasteiger charge is 2.29. The van der Waals surface area contributed by atoms with Crippen molar-refractivity contribution in [2.24, 2.45) is 0 Å². The van der Waals surface area contributed by atoms with E-state index >= 15 is 0 Å². The van der Waals surface area contributed by atoms with Crippen molar-refractivity contribution >= 4 is 21.6 Å². The van der Waals surface area contributed by atoms with Gasteiger partial charge in [-0.25, -0.2) is 8.42 Å². The normalized spacial score (nSPS) is 20.1. The highest BCUT2D eigenvalue weighted by molar-refractivity contribution is 7.89. The molecule has 1 atom stereocenters. The molecule has 0 aliphatic carbocycles. The van der Waals surface area contributed by atoms with E-state index in [9.17, 15) is 8.42 Å². The number of halogens is 1. The van der Waals surface area contributed by atoms with Crippen molar-refractivity contribution in [3.63, 3.8) is 0 Å². The summed E-state index contributed by atoms with van der Waals surface area (Å²) in [5.74, 6) is 0. The number of ether oxygens (including phenoxy) is 1. The van der Waals surface area contributed by atoms with Crippen LogP contribution in [0.3, 0.4) is 0 Å². The van der Waals surface area contributed by atoms with Crippen molar-refractivity contribution in [2.75, 3.05) is 19.7 Å². The van der Waals surface area contributed by atoms with Crippen LogP contribution < -0.4 is 0 Å². The largest absolute Gasteiger partial charge is 0.377 e. The number of sulfonamides is 1. The minimum Gasteiger partial charge on any atom is -0.377 e. The number of aromatic nitrogens is 1. The topological polar surface area (TPSA) is 59.5 Å². The smallest absolute Gasteiger partial charge is 0.246 e. The average Bonchev–Trinajstić information content (AvgIpc) is 2.89. The van der Waals surface area contributed by atoms with Gasteiger partial charge in [-0.2, -0.15) is 4.31 Å². The summed E-state index contributed by atoms with van der Waals surface area (Å²) in [6, 6.07) is 1.48. The van der Waals surface area contributed by atoms with Crippen molar-refractivity contribution in [3.8, 4) is 0 Å². The quantitative estimate of drug-likeness (QED) is 0.834. The van der Waals surface area contributed by atoms with Gasteiger partial charge >= 0.3 is 0 Å². The van der Waals surface area contributed by atoms with Crippen LogP contribution >= 0.6 is 11.6 Å². The Morgan fingerprint density at radius 2 is 2.37 bits per heavy atom. The fourth-order valence-corrected chi connectivity index (χ4v) is 3.99. The number of pyridine rings is 1. The zero-order chi connectivity index (χ0) is 13.9. The zero-order valence-corrected chi connectivity index (χ0v) is 12.3. The lowest BCUT2D eigenvalue weighted by Gasteiger charge is -2.23. The lowest BCUT2D eigenvalue weighted by atomic mass is 10.2. The van der Waals surface area contributed by atoms with Crippen LogP contribution in [0.5, 0.6) is 0 Å². The molecule has 0 radical (unpaired) electrons. The predicted molar refractivity (Wildman–Crippen MR) is 72.7 cm³/mol. The molecule has 0 N–H and O–H groups in total. The first-order valence-corrected chi connectivity index (χ1v) is 8.08. The van der Waals surface area contributed by atoms with Crippen LogP contribution in [0.1, 0.15) is 19.8 Å². The molecular formula is C12H17ClN2O3S. The fraction of sp³-hybridized carbons (Fsp3) is 0.583. The molecule has 1 aliphatic rings. The van der Waals surface area contributed by atoms with Gasteiger partial charge in [0.25, 0.3) is 0 Å². The summed E-state index contributed by atoms with van der Waals surface area (Å²) in [6.45, 7) is 3.25. The van der Waals surface area contributed by atoms with Crippen LogP contribution in [0.2, 0.25) is 5.02 Å². The Kier molecular flexibility index (Phi) is 4.78. The van der Waals surface area contributed by atoms with Crippen LogP contribution in [0.25, 0.3) is 0 Å². The number of rotatable bonds is 5. The summed E-state index contributed by atoms with van der Waals surface area (Å²) >= 11 is 5.95. The zero-order valence-electron chi connectivity index (χ0n) is 10.8. The second kappa shape index (κ2) is 6.17. The maximum atomic E-state index is 12.5. The Morgan fingerprint density at radius 1 is 1.58 bits per heavy atom. The molecule has 19 heavy (non-hydrogen) atoms. The van der Waals surface area contributed by atoms with Crippen LogP contribution in [-0.2, 0) is 14.8 Å². The van der Waals surface area contributed by atoms with E-state index < -0.39 is 10.0 Å². The third-order valence-electron chi connectivity index (χ3n) is 3.14. The van der Waals surface area contributed by atoms with E-state index in [4.69, 9.17) is 16.3 Å². The second-order valence-corrected chi connectivity index (χ2v) is 6.71. The summed E-state index contributed by atoms with van der Waals surface area (Å²) in [7, 11) is -3.61. The van der Waals surface area contributed by atoms with Gasteiger partial charge in [0.15, 0.2) is 0 Å². The maximum Gasteiger partial charge on any atom is 0.246 e. The molecule has 0 spiro atoms. The molecular weight excluding hydrogens is 288 g/mol. The monoisotopic (exact) mass is 304 g/mol. The molecule has 0 saturated carbocycles. The van der Waals surface area contributed by atoms with Gasteiger partial charge in [0.2, 0.25) is 10.0 Å². The summed E-state index contributed by atoms with van der Waals surface area (Å²) in [5, 5.41) is 0.195. The number of hydrogen-bond acceptors (Lipinski definition) is 4. The number of nitrogens with zero attached hydrogens (tertiary/aromatic N) is 2. The SMILES string of the molecule is CCN(CC1CCCO1)S(=O)(=O)c1cnccc1Cl. The molecule has 106 valence electrons. The molecule has 1 aromatic rings. The molecule has 1 aromatic heterocycles. The van der Waals surface area contributed by atoms with Crippen LogP contribution in [0.15, 0.2) is 23.4 Å². The van der Waals surface area contributed by atoms with Crippen molar-refractivity contribution in [2.45, 2.75) is 30.8 Å². The van der Waals surface area contributed by atoms with E-state index in [0.717, 1.165) is 12.8 Å². The summed E-state index contributed by atoms with van der Waals surface area (Å²) in [6.07, 6.45) is 4.61. The fourth-order valence-electron chi connectivity index (χ4n) is 2.10. The van der Waals surface area contributed by atoms with Gasteiger partial charge in [0.05, 0.1) is 11.1 Å². The van der Waals surface area contributed by atoms with E-state index in [2.05, 4.69) is 4.98 Å². The molecule has 1 fully saturated rings. The summed E-state index contributed by atoms with van der Waals surface area (Å²) in [5.41, 5.74) is 0. The van der Waals surface area contributed by atoms with Gasteiger partial charge in [0, 0.05) is 32.1 Å². The van der Waals surface area contributed by atoms with E-state index in [1.807, 2.05) is 0 Å². The Morgan fingerprint density at radius 3 is 2.95 bits per heavy atom. The molecule has 1 unspecified atom stereocenters. The van der Waals surface area contributed by atoms with Gasteiger partial charge in [-0.15, -0.1) is 0 Å². The molecule has 1 saturated heterocycles. The molecule has 7 heteroatoms. The standard InChI is InChI=1S/C12H17ClN2O3S/c1-2-15(9-10-4-3-7-18-10)19(16,17)12-8-14-6-5-11(12)13/h5-6,8,10H,2-4,7,9H2,1H3. The molecule has 2 heterocycles. The summed E-state index contributed by atoms with van der Waals surface area (Å²) in [4.78, 5) is 3.89. The number of likely N-dealkylation sites (N-methyl/N-ethyl adjacent to an activating group) is 1. The second-order valence-electron chi connectivity index (χ2n) is 4.40. The Labute approximate surface area is 118 Å². The molecule has 0 amide bonds. The highest BCUT2D eigenvalue weighted by Crippen LogP contribution is 2.24. The van der Waals surface area contributed by atoms with Gasteiger partial charge in [-0.3, -0.25) is 4.98 Å². The lowest BCUT2D eigenvalue weighted by molar-refractivity contribution is 0.0947. The molecule has 0 aromatic carbocycles. The van der Waals surface area contributed by atoms with Crippen molar-refractivity contribution in [1.82, 2.24) is 9.29 Å². The third kappa shape index (κ3) is 3.25. The third-order valence-corrected chi connectivity index (χ3v) is 5.55. The van der Waals surface area contributed by atoms with Gasteiger partial charge in [-0.1, -0.05) is 18.5 Å². The van der Waals surface area contributed by atoms with E-state index in [-0.39, 0.29) is 16.0 Å². The van der Waals surface area contributed by atoms with E-state index in [1.54, 1.807) is 6.92 Å². The highest BCUT2D eigenvalue weighted by atomic mass is 35.5. The Hall–Kier alpha value is -0.690. The van der Waals surface area contributed by atoms with Crippen molar-refractivity contribution in [1.29, 1.82) is 0 Å². The van der Waals surface area contributed by atoms with E-state index in [1.165, 1.54) is 22.8 Å². The van der Waals surface area contributed by atoms with Gasteiger partial charge in [0.1, 0.15) is 4.90 Å². The average molecular weight is 305 g/mol. The van der Waals surface area contributed by atoms with Crippen LogP contribution in [0.4, 0.5) is 0 Å². The maximum absolute atomic E-state index is 12.5. The molecule has 1 aliphatic heterocycles. The molecule has 2 rings (SSSR count). The Bertz CT molecular complexity index is 530. The van der Waals surface area contributed by atoms with Gasteiger partial charge in [-0.05, 0) is 18.9 Å². The van der Waals surface area contributed by atoms with Crippen LogP contribution in [-0.4, -0.2) is 43.5 Å². The minimum absolute atomic E-state index is 0.0230. The molecule has 5 nitrogen and oxygen atoms in total. The van der Waals surface area contributed by atoms with Crippen LogP contribution in [0, 0.1) is 0 Å². The van der Waals surface area contributed by atoms with E-state index in [0.29, 0.717) is 19.7 Å². The first kappa shape index (κ1) is 14.7. The first-order chi connectivity index (χ1) is 9.05. The first-order valence-electron chi connectivity index (χ1n) is 6.27. The minimum atomic E-state index is -3.61. The number of hydrogen-bond donors (Lipinski definition) is 0. The Balaban J connectivity index is 2.23. The van der Waals surface area contributed by atoms with Gasteiger partial charge < -0.3 is 4.74 Å². The summed E-state index contributed by atoms with van der Waals surface area (Å²) < 4.78 is 31.9. The lowest BCUT2D eigenvalue weighted by Crippen LogP contribution is -2.37. The van der Waals surface area contributed by atoms with Crippen molar-refractivity contribution in [3.05, 3.63) is 23.5 Å². The molecule has 0 bridgehead atoms. The van der Waals surface area contributed by atoms with Crippen molar-refractivity contribution < 1.29 is 13.2 Å². The predicted octanol–water partition coefficient (Wildman–Crippen LogP) is 1.92.